The summed E-state index contributed by atoms with van der Waals surface area (Å²) in [6, 6.07) is 7.27. The predicted molar refractivity (Wildman–Crippen MR) is 69.5 cm³/mol. The molecule has 0 saturated heterocycles. The second kappa shape index (κ2) is 6.07. The minimum absolute atomic E-state index is 0.303. The lowest BCUT2D eigenvalue weighted by atomic mass is 10.2. The Balaban J connectivity index is 1.90. The van der Waals surface area contributed by atoms with Crippen LogP contribution in [0.4, 0.5) is 5.69 Å². The van der Waals surface area contributed by atoms with E-state index in [1.54, 1.807) is 19.4 Å². The van der Waals surface area contributed by atoms with E-state index in [0.717, 1.165) is 17.8 Å². The smallest absolute Gasteiger partial charge is 0.120 e. The average Bonchev–Trinajstić information content (AvgIpc) is 2.83. The first-order valence-corrected chi connectivity index (χ1v) is 5.81. The second-order valence-electron chi connectivity index (χ2n) is 3.97. The Kier molecular flexibility index (Phi) is 4.20. The fourth-order valence-corrected chi connectivity index (χ4v) is 1.62. The number of anilines is 1. The van der Waals surface area contributed by atoms with Crippen LogP contribution < -0.4 is 5.32 Å². The van der Waals surface area contributed by atoms with Crippen LogP contribution in [0, 0.1) is 0 Å². The average molecular weight is 247 g/mol. The van der Waals surface area contributed by atoms with Gasteiger partial charge in [-0.15, -0.1) is 0 Å². The van der Waals surface area contributed by atoms with Gasteiger partial charge in [0.1, 0.15) is 5.75 Å². The van der Waals surface area contributed by atoms with Crippen molar-refractivity contribution in [3.8, 4) is 5.75 Å². The summed E-state index contributed by atoms with van der Waals surface area (Å²) in [5.41, 5.74) is 1.79. The molecule has 0 bridgehead atoms. The molecule has 2 aromatic rings. The molecule has 2 N–H and O–H groups in total. The van der Waals surface area contributed by atoms with E-state index in [9.17, 15) is 5.11 Å². The van der Waals surface area contributed by atoms with E-state index in [2.05, 4.69) is 10.4 Å². The summed E-state index contributed by atoms with van der Waals surface area (Å²) in [6.45, 7) is 1.94. The third-order valence-electron chi connectivity index (χ3n) is 2.63. The summed E-state index contributed by atoms with van der Waals surface area (Å²) >= 11 is 0. The third-order valence-corrected chi connectivity index (χ3v) is 2.63. The van der Waals surface area contributed by atoms with Gasteiger partial charge in [0.25, 0.3) is 0 Å². The van der Waals surface area contributed by atoms with E-state index in [4.69, 9.17) is 4.74 Å². The van der Waals surface area contributed by atoms with E-state index in [-0.39, 0.29) is 0 Å². The molecule has 0 saturated carbocycles. The monoisotopic (exact) mass is 247 g/mol. The normalized spacial score (nSPS) is 10.5. The van der Waals surface area contributed by atoms with E-state index in [1.807, 2.05) is 29.1 Å². The zero-order valence-electron chi connectivity index (χ0n) is 10.3. The van der Waals surface area contributed by atoms with E-state index < -0.39 is 0 Å². The van der Waals surface area contributed by atoms with E-state index in [0.29, 0.717) is 18.9 Å². The number of ether oxygens (including phenoxy) is 1. The highest BCUT2D eigenvalue weighted by atomic mass is 16.5. The number of nitrogens with zero attached hydrogens (tertiary/aromatic N) is 2. The number of hydrogen-bond acceptors (Lipinski definition) is 4. The van der Waals surface area contributed by atoms with E-state index >= 15 is 0 Å². The number of aromatic hydroxyl groups is 1. The van der Waals surface area contributed by atoms with Crippen molar-refractivity contribution in [2.24, 2.45) is 0 Å². The lowest BCUT2D eigenvalue weighted by Crippen LogP contribution is -2.04. The summed E-state index contributed by atoms with van der Waals surface area (Å²) < 4.78 is 6.80. The van der Waals surface area contributed by atoms with Gasteiger partial charge in [-0.25, -0.2) is 0 Å². The van der Waals surface area contributed by atoms with Crippen LogP contribution in [0.3, 0.4) is 0 Å². The summed E-state index contributed by atoms with van der Waals surface area (Å²) in [5, 5.41) is 17.0. The summed E-state index contributed by atoms with van der Waals surface area (Å²) in [5.74, 6) is 0.303. The molecule has 0 spiro atoms. The molecule has 0 aliphatic rings. The quantitative estimate of drug-likeness (QED) is 0.818. The largest absolute Gasteiger partial charge is 0.508 e. The fraction of sp³-hybridized carbons (Fsp3) is 0.308. The van der Waals surface area contributed by atoms with E-state index in [1.165, 1.54) is 0 Å². The highest BCUT2D eigenvalue weighted by Gasteiger charge is 2.01. The lowest BCUT2D eigenvalue weighted by Gasteiger charge is -2.05. The maximum atomic E-state index is 9.63. The molecule has 96 valence electrons. The zero-order chi connectivity index (χ0) is 12.8. The predicted octanol–water partition coefficient (Wildman–Crippen LogP) is 1.85. The van der Waals surface area contributed by atoms with Crippen LogP contribution in [0.2, 0.25) is 0 Å². The Labute approximate surface area is 106 Å². The molecule has 0 aliphatic carbocycles. The van der Waals surface area contributed by atoms with Crippen molar-refractivity contribution in [2.75, 3.05) is 19.0 Å². The molecule has 5 nitrogen and oxygen atoms in total. The van der Waals surface area contributed by atoms with Crippen molar-refractivity contribution in [3.63, 3.8) is 0 Å². The Bertz CT molecular complexity index is 496. The van der Waals surface area contributed by atoms with Crippen LogP contribution in [-0.2, 0) is 17.8 Å². The van der Waals surface area contributed by atoms with Gasteiger partial charge in [-0.3, -0.25) is 4.68 Å². The molecule has 1 aromatic carbocycles. The van der Waals surface area contributed by atoms with Crippen LogP contribution in [0.15, 0.2) is 36.7 Å². The molecule has 2 rings (SSSR count). The molecular formula is C13H17N3O2. The standard InChI is InChI=1S/C13H17N3O2/c1-18-7-6-16-10-12(9-15-16)14-8-11-4-2-3-5-13(11)17/h2-5,9-10,14,17H,6-8H2,1H3. The SMILES string of the molecule is COCCn1cc(NCc2ccccc2O)cn1. The van der Waals surface area contributed by atoms with Crippen molar-refractivity contribution in [1.29, 1.82) is 0 Å². The number of phenols is 1. The van der Waals surface area contributed by atoms with Gasteiger partial charge in [0.15, 0.2) is 0 Å². The Hall–Kier alpha value is -2.01. The van der Waals surface area contributed by atoms with Gasteiger partial charge < -0.3 is 15.2 Å². The number of nitrogens with one attached hydrogen (secondary N) is 1. The molecule has 5 heteroatoms. The number of para-hydroxylation sites is 1. The summed E-state index contributed by atoms with van der Waals surface area (Å²) in [4.78, 5) is 0. The third kappa shape index (κ3) is 3.24. The minimum atomic E-state index is 0.303. The maximum Gasteiger partial charge on any atom is 0.120 e. The number of rotatable bonds is 6. The first-order valence-electron chi connectivity index (χ1n) is 5.81. The van der Waals surface area contributed by atoms with Gasteiger partial charge in [0, 0.05) is 25.4 Å². The number of benzene rings is 1. The molecule has 18 heavy (non-hydrogen) atoms. The van der Waals surface area contributed by atoms with Crippen molar-refractivity contribution >= 4 is 5.69 Å². The molecule has 0 radical (unpaired) electrons. The Morgan fingerprint density at radius 1 is 1.39 bits per heavy atom. The topological polar surface area (TPSA) is 59.3 Å². The number of phenolic OH excluding ortho intramolecular Hbond substituents is 1. The van der Waals surface area contributed by atoms with Gasteiger partial charge in [-0.1, -0.05) is 18.2 Å². The van der Waals surface area contributed by atoms with Crippen molar-refractivity contribution < 1.29 is 9.84 Å². The molecule has 1 heterocycles. The zero-order valence-corrected chi connectivity index (χ0v) is 10.3. The molecule has 0 amide bonds. The first-order chi connectivity index (χ1) is 8.79. The highest BCUT2D eigenvalue weighted by Crippen LogP contribution is 2.17. The van der Waals surface area contributed by atoms with Gasteiger partial charge in [-0.05, 0) is 6.07 Å². The van der Waals surface area contributed by atoms with Gasteiger partial charge in [-0.2, -0.15) is 5.10 Å². The van der Waals surface area contributed by atoms with Crippen LogP contribution in [0.25, 0.3) is 0 Å². The molecular weight excluding hydrogens is 230 g/mol. The minimum Gasteiger partial charge on any atom is -0.508 e. The number of hydrogen-bond donors (Lipinski definition) is 2. The summed E-state index contributed by atoms with van der Waals surface area (Å²) in [6.07, 6.45) is 3.68. The number of methoxy groups -OCH3 is 1. The van der Waals surface area contributed by atoms with Crippen molar-refractivity contribution in [2.45, 2.75) is 13.1 Å². The van der Waals surface area contributed by atoms with Crippen LogP contribution in [0.1, 0.15) is 5.56 Å². The number of aromatic nitrogens is 2. The lowest BCUT2D eigenvalue weighted by molar-refractivity contribution is 0.183. The molecule has 0 fully saturated rings. The van der Waals surface area contributed by atoms with Gasteiger partial charge >= 0.3 is 0 Å². The molecule has 0 atom stereocenters. The second-order valence-corrected chi connectivity index (χ2v) is 3.97. The molecule has 1 aromatic heterocycles. The maximum absolute atomic E-state index is 9.63. The van der Waals surface area contributed by atoms with Crippen LogP contribution in [0.5, 0.6) is 5.75 Å². The highest BCUT2D eigenvalue weighted by molar-refractivity contribution is 5.41. The Morgan fingerprint density at radius 2 is 2.22 bits per heavy atom. The van der Waals surface area contributed by atoms with Crippen LogP contribution >= 0.6 is 0 Å². The summed E-state index contributed by atoms with van der Waals surface area (Å²) in [7, 11) is 1.67. The fourth-order valence-electron chi connectivity index (χ4n) is 1.62. The van der Waals surface area contributed by atoms with Crippen LogP contribution in [-0.4, -0.2) is 28.6 Å². The molecule has 0 unspecified atom stereocenters. The Morgan fingerprint density at radius 3 is 3.00 bits per heavy atom. The molecule has 0 aliphatic heterocycles. The van der Waals surface area contributed by atoms with Crippen molar-refractivity contribution in [1.82, 2.24) is 9.78 Å². The van der Waals surface area contributed by atoms with Gasteiger partial charge in [0.2, 0.25) is 0 Å². The first kappa shape index (κ1) is 12.4. The van der Waals surface area contributed by atoms with Crippen molar-refractivity contribution in [3.05, 3.63) is 42.2 Å². The van der Waals surface area contributed by atoms with Gasteiger partial charge in [0.05, 0.1) is 25.0 Å².